The van der Waals surface area contributed by atoms with E-state index in [9.17, 15) is 24.0 Å². The molecule has 20 nitrogen and oxygen atoms in total. The molecule has 5 N–H and O–H groups in total. The highest BCUT2D eigenvalue weighted by molar-refractivity contribution is 5.98. The van der Waals surface area contributed by atoms with E-state index in [0.717, 1.165) is 122 Å². The van der Waals surface area contributed by atoms with Gasteiger partial charge in [0.25, 0.3) is 17.4 Å². The summed E-state index contributed by atoms with van der Waals surface area (Å²) in [7, 11) is 1.62. The third-order valence-electron chi connectivity index (χ3n) is 15.4. The zero-order valence-corrected chi connectivity index (χ0v) is 47.4. The maximum Gasteiger partial charge on any atom is 0.269 e. The molecule has 2 aliphatic heterocycles. The fourth-order valence-corrected chi connectivity index (χ4v) is 10.9. The van der Waals surface area contributed by atoms with Crippen LogP contribution in [0.5, 0.6) is 11.5 Å². The summed E-state index contributed by atoms with van der Waals surface area (Å²) in [6.07, 6.45) is 10.9. The summed E-state index contributed by atoms with van der Waals surface area (Å²) in [4.78, 5) is 84.6. The summed E-state index contributed by atoms with van der Waals surface area (Å²) >= 11 is 0. The van der Waals surface area contributed by atoms with Crippen LogP contribution < -0.4 is 41.2 Å². The number of H-pyrrole nitrogens is 1. The number of nitrogens with zero attached hydrogens (tertiary/aromatic N) is 5. The molecule has 20 heteroatoms. The van der Waals surface area contributed by atoms with Crippen molar-refractivity contribution in [3.8, 4) is 11.5 Å². The maximum atomic E-state index is 13.9. The van der Waals surface area contributed by atoms with Gasteiger partial charge >= 0.3 is 0 Å². The normalized spacial score (nSPS) is 16.5. The molecule has 5 aromatic rings. The van der Waals surface area contributed by atoms with Gasteiger partial charge < -0.3 is 59.7 Å². The highest BCUT2D eigenvalue weighted by atomic mass is 16.5. The third kappa shape index (κ3) is 17.8. The second kappa shape index (κ2) is 31.3. The maximum absolute atomic E-state index is 13.9. The lowest BCUT2D eigenvalue weighted by Crippen LogP contribution is -2.52. The number of aryl methyl sites for hydroxylation is 1. The van der Waals surface area contributed by atoms with Crippen LogP contribution in [0.15, 0.2) is 83.9 Å². The first kappa shape index (κ1) is 60.1. The van der Waals surface area contributed by atoms with E-state index in [1.54, 1.807) is 25.4 Å². The molecule has 436 valence electrons. The molecule has 2 atom stereocenters. The summed E-state index contributed by atoms with van der Waals surface area (Å²) in [5.74, 6) is 0.813. The van der Waals surface area contributed by atoms with Crippen molar-refractivity contribution >= 4 is 40.3 Å². The first-order chi connectivity index (χ1) is 39.6. The predicted molar refractivity (Wildman–Crippen MR) is 310 cm³/mol. The van der Waals surface area contributed by atoms with Crippen LogP contribution in [0, 0.1) is 5.92 Å². The van der Waals surface area contributed by atoms with Crippen LogP contribution in [0.2, 0.25) is 0 Å². The first-order valence-electron chi connectivity index (χ1n) is 29.0. The van der Waals surface area contributed by atoms with Crippen LogP contribution >= 0.6 is 0 Å². The average molecular weight is 1120 g/mol. The van der Waals surface area contributed by atoms with E-state index in [1.807, 2.05) is 79.5 Å². The van der Waals surface area contributed by atoms with Gasteiger partial charge in [-0.05, 0) is 98.5 Å². The fraction of sp³-hybridized carbons (Fsp3) is 0.525. The molecule has 0 radical (unpaired) electrons. The summed E-state index contributed by atoms with van der Waals surface area (Å²) in [6, 6.07) is 20.2. The molecule has 0 bridgehead atoms. The highest BCUT2D eigenvalue weighted by Crippen LogP contribution is 2.30. The van der Waals surface area contributed by atoms with Crippen LogP contribution in [0.3, 0.4) is 0 Å². The minimum Gasteiger partial charge on any atom is -0.497 e. The zero-order valence-electron chi connectivity index (χ0n) is 47.4. The van der Waals surface area contributed by atoms with Gasteiger partial charge in [-0.2, -0.15) is 0 Å². The van der Waals surface area contributed by atoms with Gasteiger partial charge in [-0.25, -0.2) is 4.98 Å². The molecule has 1 saturated carbocycles. The number of likely N-dealkylation sites (tertiary alicyclic amines) is 1. The monoisotopic (exact) mass is 1110 g/mol. The minimum atomic E-state index is -0.670. The van der Waals surface area contributed by atoms with E-state index in [-0.39, 0.29) is 47.6 Å². The quantitative estimate of drug-likeness (QED) is 0.0379. The number of carbonyl (C=O) groups is 4. The Kier molecular flexibility index (Phi) is 23.2. The Morgan fingerprint density at radius 2 is 1.52 bits per heavy atom. The number of pyridine rings is 3. The zero-order chi connectivity index (χ0) is 56.8. The molecule has 2 aromatic carbocycles. The van der Waals surface area contributed by atoms with E-state index in [0.29, 0.717) is 102 Å². The number of amides is 4. The Hall–Kier alpha value is -6.97. The lowest BCUT2D eigenvalue weighted by atomic mass is 9.83. The van der Waals surface area contributed by atoms with E-state index in [2.05, 4.69) is 46.0 Å². The molecular weight excluding hydrogens is 1030 g/mol. The number of hydrogen-bond donors (Lipinski definition) is 5. The van der Waals surface area contributed by atoms with Gasteiger partial charge in [-0.15, -0.1) is 0 Å². The van der Waals surface area contributed by atoms with Crippen molar-refractivity contribution in [2.24, 2.45) is 5.92 Å². The number of anilines is 1. The number of piperazine rings is 1. The van der Waals surface area contributed by atoms with Crippen molar-refractivity contribution in [1.82, 2.24) is 46.0 Å². The molecule has 1 unspecified atom stereocenters. The van der Waals surface area contributed by atoms with Gasteiger partial charge in [0, 0.05) is 100 Å². The number of aromatic amines is 1. The van der Waals surface area contributed by atoms with Crippen molar-refractivity contribution in [3.05, 3.63) is 123 Å². The number of rotatable bonds is 29. The van der Waals surface area contributed by atoms with Crippen molar-refractivity contribution in [3.63, 3.8) is 0 Å². The molecule has 8 rings (SSSR count). The number of ether oxygens (including phenoxy) is 5. The molecular formula is C61H82N10O10. The first-order valence-corrected chi connectivity index (χ1v) is 29.0. The van der Waals surface area contributed by atoms with Gasteiger partial charge in [-0.1, -0.05) is 44.4 Å². The topological polar surface area (TPSA) is 231 Å². The number of benzene rings is 2. The summed E-state index contributed by atoms with van der Waals surface area (Å²) in [5.41, 5.74) is 7.04. The SMILES string of the molecule is CCOc1cc(OC)ccc1CNCC(=O)N1CCCC(c2cccc(C(=O)N[C@@H](C(=O)NCCOCCOCCOCCNC(=O)c3ccc(N4CCN(Cc5cnc6cc(CC)c(=O)[nH]c6c5)CC4)cn3)C3CCCCC3)c2)C1. The molecule has 3 fully saturated rings. The summed E-state index contributed by atoms with van der Waals surface area (Å²) in [5, 5.41) is 12.2. The number of aromatic nitrogens is 3. The molecule has 81 heavy (non-hydrogen) atoms. The number of fused-ring (bicyclic) bond motifs is 1. The van der Waals surface area contributed by atoms with Crippen LogP contribution in [0.1, 0.15) is 108 Å². The summed E-state index contributed by atoms with van der Waals surface area (Å²) < 4.78 is 28.2. The Balaban J connectivity index is 0.667. The number of nitrogens with one attached hydrogen (secondary N) is 5. The number of methoxy groups -OCH3 is 1. The molecule has 1 aliphatic carbocycles. The Labute approximate surface area is 475 Å². The molecule has 2 saturated heterocycles. The van der Waals surface area contributed by atoms with Crippen LogP contribution in [-0.4, -0.2) is 167 Å². The highest BCUT2D eigenvalue weighted by Gasteiger charge is 2.32. The molecule has 4 amide bonds. The van der Waals surface area contributed by atoms with Gasteiger partial charge in [0.15, 0.2) is 0 Å². The predicted octanol–water partition coefficient (Wildman–Crippen LogP) is 5.38. The number of piperidine rings is 1. The van der Waals surface area contributed by atoms with Crippen LogP contribution in [0.4, 0.5) is 5.69 Å². The molecule has 0 spiro atoms. The number of carbonyl (C=O) groups excluding carboxylic acids is 4. The van der Waals surface area contributed by atoms with E-state index in [1.165, 1.54) is 0 Å². The Bertz CT molecular complexity index is 2890. The van der Waals surface area contributed by atoms with Gasteiger partial charge in [0.05, 0.1) is 82.8 Å². The van der Waals surface area contributed by atoms with E-state index >= 15 is 0 Å². The second-order valence-electron chi connectivity index (χ2n) is 21.0. The average Bonchev–Trinajstić information content (AvgIpc) is 3.52. The van der Waals surface area contributed by atoms with Crippen LogP contribution in [0.25, 0.3) is 11.0 Å². The van der Waals surface area contributed by atoms with Gasteiger partial charge in [0.2, 0.25) is 11.8 Å². The molecule has 5 heterocycles. The minimum absolute atomic E-state index is 0.0270. The Morgan fingerprint density at radius 3 is 2.25 bits per heavy atom. The van der Waals surface area contributed by atoms with Crippen molar-refractivity contribution in [1.29, 1.82) is 0 Å². The van der Waals surface area contributed by atoms with Crippen molar-refractivity contribution < 1.29 is 42.9 Å². The third-order valence-corrected chi connectivity index (χ3v) is 15.4. The van der Waals surface area contributed by atoms with Crippen molar-refractivity contribution in [2.45, 2.75) is 90.3 Å². The van der Waals surface area contributed by atoms with Gasteiger partial charge in [0.1, 0.15) is 23.2 Å². The lowest BCUT2D eigenvalue weighted by molar-refractivity contribution is -0.131. The smallest absolute Gasteiger partial charge is 0.269 e. The van der Waals surface area contributed by atoms with Crippen LogP contribution in [-0.2, 0) is 43.3 Å². The largest absolute Gasteiger partial charge is 0.497 e. The molecule has 3 aliphatic rings. The van der Waals surface area contributed by atoms with Gasteiger partial charge in [-0.3, -0.25) is 33.9 Å². The number of hydrogen-bond acceptors (Lipinski definition) is 15. The standard InChI is InChI=1S/C61H82N10O10/c1-4-44-35-53-54(67-58(44)73)33-43(37-65-53)41-69-23-25-70(26-24-69)50-17-19-52(66-39-50)60(75)63-20-27-78-29-31-80-32-30-79-28-21-64-61(76)57(45-11-7-6-8-12-45)68-59(74)47-14-9-13-46(34-47)49-15-10-22-71(42-49)56(72)40-62-38-48-16-18-51(77-3)36-55(48)81-5-2/h9,13-14,16-19,33-37,39,45,49,57,62H,4-8,10-12,15,20-32,38,40-42H2,1-3H3,(H,63,75)(H,64,76)(H,67,73)(H,68,74)/t49?,57-/m1/s1. The Morgan fingerprint density at radius 1 is 0.753 bits per heavy atom. The van der Waals surface area contributed by atoms with Crippen molar-refractivity contribution in [2.75, 3.05) is 117 Å². The fourth-order valence-electron chi connectivity index (χ4n) is 10.9. The molecule has 3 aromatic heterocycles. The van der Waals surface area contributed by atoms with E-state index in [4.69, 9.17) is 23.7 Å². The second-order valence-corrected chi connectivity index (χ2v) is 21.0. The van der Waals surface area contributed by atoms with E-state index < -0.39 is 6.04 Å². The summed E-state index contributed by atoms with van der Waals surface area (Å²) in [6.45, 7) is 13.1. The lowest BCUT2D eigenvalue weighted by Gasteiger charge is -2.36.